The number of nitrogens with zero attached hydrogens (tertiary/aromatic N) is 2. The maximum absolute atomic E-state index is 13.5. The van der Waals surface area contributed by atoms with Gasteiger partial charge in [-0.2, -0.15) is 0 Å². The smallest absolute Gasteiger partial charge is 0.282 e. The number of halogens is 2. The third-order valence-electron chi connectivity index (χ3n) is 4.91. The second kappa shape index (κ2) is 8.13. The number of para-hydroxylation sites is 1. The second-order valence-electron chi connectivity index (χ2n) is 6.74. The van der Waals surface area contributed by atoms with E-state index in [1.807, 2.05) is 37.3 Å². The molecule has 0 atom stereocenters. The van der Waals surface area contributed by atoms with Crippen LogP contribution < -0.4 is 9.80 Å². The van der Waals surface area contributed by atoms with Crippen molar-refractivity contribution in [1.29, 1.82) is 0 Å². The van der Waals surface area contributed by atoms with E-state index in [9.17, 15) is 14.0 Å². The Morgan fingerprint density at radius 2 is 1.60 bits per heavy atom. The molecule has 0 N–H and O–H groups in total. The molecule has 0 aliphatic carbocycles. The summed E-state index contributed by atoms with van der Waals surface area (Å²) in [6.07, 6.45) is 0. The Hall–Kier alpha value is -3.44. The maximum atomic E-state index is 13.5. The van der Waals surface area contributed by atoms with E-state index in [0.29, 0.717) is 22.8 Å². The minimum absolute atomic E-state index is 0.227. The normalized spacial score (nSPS) is 13.9. The molecule has 0 unspecified atom stereocenters. The molecule has 3 aromatic carbocycles. The van der Waals surface area contributed by atoms with Crippen molar-refractivity contribution >= 4 is 40.4 Å². The Kier molecular flexibility index (Phi) is 5.38. The van der Waals surface area contributed by atoms with Crippen LogP contribution in [0.15, 0.2) is 84.6 Å². The number of imide groups is 1. The average molecular weight is 421 g/mol. The second-order valence-corrected chi connectivity index (χ2v) is 7.17. The Balaban J connectivity index is 1.91. The van der Waals surface area contributed by atoms with Gasteiger partial charge in [0.05, 0.1) is 11.3 Å². The molecule has 0 aromatic heterocycles. The van der Waals surface area contributed by atoms with E-state index in [4.69, 9.17) is 11.6 Å². The van der Waals surface area contributed by atoms with Crippen molar-refractivity contribution < 1.29 is 14.0 Å². The number of amides is 2. The topological polar surface area (TPSA) is 40.6 Å². The molecule has 4 nitrogen and oxygen atoms in total. The van der Waals surface area contributed by atoms with Gasteiger partial charge in [0.15, 0.2) is 0 Å². The fourth-order valence-corrected chi connectivity index (χ4v) is 3.76. The molecule has 1 heterocycles. The first kappa shape index (κ1) is 19.9. The predicted molar refractivity (Wildman–Crippen MR) is 117 cm³/mol. The summed E-state index contributed by atoms with van der Waals surface area (Å²) in [5, 5.41) is 0.417. The van der Waals surface area contributed by atoms with Gasteiger partial charge in [-0.25, -0.2) is 9.29 Å². The summed E-state index contributed by atoms with van der Waals surface area (Å²) in [6.45, 7) is 2.37. The summed E-state index contributed by atoms with van der Waals surface area (Å²) in [5.41, 5.74) is 2.12. The molecule has 6 heteroatoms. The molecule has 3 aromatic rings. The highest BCUT2D eigenvalue weighted by atomic mass is 35.5. The van der Waals surface area contributed by atoms with E-state index >= 15 is 0 Å². The molecule has 0 radical (unpaired) electrons. The molecule has 2 amide bonds. The van der Waals surface area contributed by atoms with Crippen LogP contribution >= 0.6 is 11.6 Å². The average Bonchev–Trinajstić information content (AvgIpc) is 3.00. The standard InChI is InChI=1S/C24H18ClFN2O2/c1-2-27(19-8-4-3-5-9-19)22-21(16-11-13-18(26)14-12-16)23(29)28(24(22)30)20-10-6-7-17(25)15-20/h3-15H,2H2,1H3. The fourth-order valence-electron chi connectivity index (χ4n) is 3.57. The van der Waals surface area contributed by atoms with Gasteiger partial charge in [-0.05, 0) is 55.0 Å². The van der Waals surface area contributed by atoms with Crippen molar-refractivity contribution in [2.45, 2.75) is 6.92 Å². The van der Waals surface area contributed by atoms with Gasteiger partial charge in [0, 0.05) is 17.3 Å². The number of likely N-dealkylation sites (N-methyl/N-ethyl adjacent to an activating group) is 1. The van der Waals surface area contributed by atoms with Crippen LogP contribution in [-0.4, -0.2) is 18.4 Å². The van der Waals surface area contributed by atoms with Crippen LogP contribution in [0.1, 0.15) is 12.5 Å². The van der Waals surface area contributed by atoms with Gasteiger partial charge in [0.2, 0.25) is 0 Å². The SMILES string of the molecule is CCN(C1=C(c2ccc(F)cc2)C(=O)N(c2cccc(Cl)c2)C1=O)c1ccccc1. The summed E-state index contributed by atoms with van der Waals surface area (Å²) in [4.78, 5) is 29.9. The van der Waals surface area contributed by atoms with Gasteiger partial charge < -0.3 is 4.90 Å². The molecule has 0 saturated carbocycles. The first-order chi connectivity index (χ1) is 14.5. The Morgan fingerprint density at radius 3 is 2.23 bits per heavy atom. The molecule has 0 bridgehead atoms. The quantitative estimate of drug-likeness (QED) is 0.526. The van der Waals surface area contributed by atoms with Crippen LogP contribution in [0.3, 0.4) is 0 Å². The highest BCUT2D eigenvalue weighted by Crippen LogP contribution is 2.37. The van der Waals surface area contributed by atoms with E-state index < -0.39 is 17.6 Å². The summed E-state index contributed by atoms with van der Waals surface area (Å²) in [7, 11) is 0. The number of carbonyl (C=O) groups excluding carboxylic acids is 2. The summed E-state index contributed by atoms with van der Waals surface area (Å²) < 4.78 is 13.5. The molecule has 0 saturated heterocycles. The largest absolute Gasteiger partial charge is 0.337 e. The van der Waals surface area contributed by atoms with Crippen molar-refractivity contribution in [2.24, 2.45) is 0 Å². The van der Waals surface area contributed by atoms with Crippen LogP contribution in [0.5, 0.6) is 0 Å². The van der Waals surface area contributed by atoms with Crippen molar-refractivity contribution in [3.8, 4) is 0 Å². The lowest BCUT2D eigenvalue weighted by molar-refractivity contribution is -0.120. The van der Waals surface area contributed by atoms with Gasteiger partial charge in [0.1, 0.15) is 11.5 Å². The zero-order valence-corrected chi connectivity index (χ0v) is 16.9. The lowest BCUT2D eigenvalue weighted by atomic mass is 10.0. The molecule has 0 fully saturated rings. The predicted octanol–water partition coefficient (Wildman–Crippen LogP) is 5.29. The van der Waals surface area contributed by atoms with Gasteiger partial charge in [-0.15, -0.1) is 0 Å². The first-order valence-corrected chi connectivity index (χ1v) is 9.86. The molecule has 1 aliphatic heterocycles. The van der Waals surface area contributed by atoms with Crippen molar-refractivity contribution in [1.82, 2.24) is 0 Å². The molecule has 0 spiro atoms. The maximum Gasteiger partial charge on any atom is 0.282 e. The third-order valence-corrected chi connectivity index (χ3v) is 5.15. The first-order valence-electron chi connectivity index (χ1n) is 9.48. The van der Waals surface area contributed by atoms with Crippen LogP contribution in [0.2, 0.25) is 5.02 Å². The van der Waals surface area contributed by atoms with E-state index in [2.05, 4.69) is 0 Å². The lowest BCUT2D eigenvalue weighted by Crippen LogP contribution is -2.35. The minimum Gasteiger partial charge on any atom is -0.337 e. The van der Waals surface area contributed by atoms with E-state index in [1.54, 1.807) is 29.2 Å². The highest BCUT2D eigenvalue weighted by Gasteiger charge is 2.42. The summed E-state index contributed by atoms with van der Waals surface area (Å²) >= 11 is 6.10. The van der Waals surface area contributed by atoms with Gasteiger partial charge in [-0.3, -0.25) is 9.59 Å². The van der Waals surface area contributed by atoms with Crippen LogP contribution in [0.25, 0.3) is 5.57 Å². The molecular formula is C24H18ClFN2O2. The molecule has 30 heavy (non-hydrogen) atoms. The van der Waals surface area contributed by atoms with Gasteiger partial charge >= 0.3 is 0 Å². The molecular weight excluding hydrogens is 403 g/mol. The minimum atomic E-state index is -0.474. The molecule has 4 rings (SSSR count). The zero-order chi connectivity index (χ0) is 21.3. The lowest BCUT2D eigenvalue weighted by Gasteiger charge is -2.25. The third kappa shape index (κ3) is 3.48. The monoisotopic (exact) mass is 420 g/mol. The number of anilines is 2. The Labute approximate surface area is 178 Å². The molecule has 1 aliphatic rings. The fraction of sp³-hybridized carbons (Fsp3) is 0.0833. The van der Waals surface area contributed by atoms with E-state index in [-0.39, 0.29) is 11.3 Å². The summed E-state index contributed by atoms with van der Waals surface area (Å²) in [6, 6.07) is 21.5. The number of carbonyl (C=O) groups is 2. The number of benzene rings is 3. The van der Waals surface area contributed by atoms with Crippen LogP contribution in [0, 0.1) is 5.82 Å². The number of hydrogen-bond acceptors (Lipinski definition) is 3. The van der Waals surface area contributed by atoms with Gasteiger partial charge in [-0.1, -0.05) is 48.0 Å². The summed E-state index contributed by atoms with van der Waals surface area (Å²) in [5.74, 6) is -1.34. The molecule has 150 valence electrons. The van der Waals surface area contributed by atoms with Crippen LogP contribution in [0.4, 0.5) is 15.8 Å². The number of hydrogen-bond donors (Lipinski definition) is 0. The van der Waals surface area contributed by atoms with Crippen molar-refractivity contribution in [3.63, 3.8) is 0 Å². The Morgan fingerprint density at radius 1 is 0.900 bits per heavy atom. The van der Waals surface area contributed by atoms with Gasteiger partial charge in [0.25, 0.3) is 11.8 Å². The highest BCUT2D eigenvalue weighted by molar-refractivity contribution is 6.46. The number of rotatable bonds is 5. The van der Waals surface area contributed by atoms with Crippen molar-refractivity contribution in [3.05, 3.63) is 101 Å². The Bertz CT molecular complexity index is 1140. The van der Waals surface area contributed by atoms with E-state index in [1.165, 1.54) is 24.3 Å². The zero-order valence-electron chi connectivity index (χ0n) is 16.2. The van der Waals surface area contributed by atoms with Crippen molar-refractivity contribution in [2.75, 3.05) is 16.3 Å². The van der Waals surface area contributed by atoms with E-state index in [0.717, 1.165) is 10.6 Å². The van der Waals surface area contributed by atoms with Crippen LogP contribution in [-0.2, 0) is 9.59 Å².